The molecule has 384 valence electrons. The molecular weight excluding hydrogens is 1120 g/mol. The minimum Gasteiger partial charge on any atom is -0.409 e. The highest BCUT2D eigenvalue weighted by molar-refractivity contribution is 8.14. The first-order valence-electron chi connectivity index (χ1n) is 19.8. The standard InChI is InChI=1S/C20H13F3N4O4S2.C17H10ClF3N2O4S.C7H4ClNO3S/c21-20(22,23)15-3-1-2-14-16(8-9-24-17(14)15)31-19(28)26-12-4-6-13(7-5-12)33(29,30)27-18-25-10-11-32-18;18-28(25,26)11-6-4-10(5-7-11)23-16(24)27-14-8-9-22-15-12(14)2-1-3-13(15)17(19,20)21;8-13(11,12)7-3-1-6(2-4-7)9-5-10/h1-11H,(H,25,27)(H,26,28);1-9H,(H,23,24);1-4H. The average Bonchev–Trinajstić information content (AvgIpc) is 3.84. The van der Waals surface area contributed by atoms with Gasteiger partial charge in [-0.05, 0) is 109 Å². The first kappa shape index (κ1) is 55.6. The second kappa shape index (κ2) is 23.0. The molecule has 0 aliphatic carbocycles. The number of aliphatic imine (C=N–C) groups is 1. The molecule has 0 unspecified atom stereocenters. The zero-order chi connectivity index (χ0) is 54.1. The number of hydrogen-bond donors (Lipinski definition) is 3. The molecule has 3 aromatic heterocycles. The number of sulfonamides is 1. The summed E-state index contributed by atoms with van der Waals surface area (Å²) in [5.74, 6) is -0.232. The number of anilines is 3. The van der Waals surface area contributed by atoms with Crippen molar-refractivity contribution in [2.75, 3.05) is 15.4 Å². The number of rotatable bonds is 10. The smallest absolute Gasteiger partial charge is 0.409 e. The molecule has 8 rings (SSSR count). The van der Waals surface area contributed by atoms with Crippen LogP contribution in [0.5, 0.6) is 11.5 Å². The Morgan fingerprint density at radius 3 is 1.36 bits per heavy atom. The summed E-state index contributed by atoms with van der Waals surface area (Å²) in [4.78, 5) is 48.6. The average molecular weight is 1140 g/mol. The van der Waals surface area contributed by atoms with Crippen LogP contribution in [0.1, 0.15) is 11.1 Å². The molecule has 30 heteroatoms. The number of halogens is 8. The van der Waals surface area contributed by atoms with Gasteiger partial charge in [-0.25, -0.2) is 44.6 Å². The number of nitrogens with zero attached hydrogens (tertiary/aromatic N) is 4. The van der Waals surface area contributed by atoms with Crippen molar-refractivity contribution in [3.05, 3.63) is 156 Å². The van der Waals surface area contributed by atoms with Crippen LogP contribution in [0.15, 0.2) is 165 Å². The molecule has 0 aliphatic heterocycles. The van der Waals surface area contributed by atoms with E-state index in [1.54, 1.807) is 5.38 Å². The highest BCUT2D eigenvalue weighted by Gasteiger charge is 2.34. The molecule has 3 N–H and O–H groups in total. The third kappa shape index (κ3) is 14.9. The van der Waals surface area contributed by atoms with Gasteiger partial charge in [-0.1, -0.05) is 12.1 Å². The molecule has 0 spiro atoms. The van der Waals surface area contributed by atoms with Gasteiger partial charge in [0.15, 0.2) is 5.13 Å². The van der Waals surface area contributed by atoms with Gasteiger partial charge in [0.05, 0.1) is 42.5 Å². The Morgan fingerprint density at radius 1 is 0.568 bits per heavy atom. The van der Waals surface area contributed by atoms with E-state index in [4.69, 9.17) is 30.8 Å². The number of carbonyl (C=O) groups is 2. The lowest BCUT2D eigenvalue weighted by atomic mass is 10.1. The van der Waals surface area contributed by atoms with Crippen LogP contribution >= 0.6 is 32.7 Å². The molecule has 5 aromatic carbocycles. The van der Waals surface area contributed by atoms with Crippen molar-refractivity contribution >= 4 is 123 Å². The van der Waals surface area contributed by atoms with Crippen molar-refractivity contribution in [1.82, 2.24) is 15.0 Å². The number of pyridine rings is 2. The molecule has 74 heavy (non-hydrogen) atoms. The maximum absolute atomic E-state index is 13.2. The maximum Gasteiger partial charge on any atom is 0.418 e. The number of fused-ring (bicyclic) bond motifs is 2. The van der Waals surface area contributed by atoms with E-state index in [-0.39, 0.29) is 64.5 Å². The number of ether oxygens (including phenoxy) is 2. The number of para-hydroxylation sites is 2. The summed E-state index contributed by atoms with van der Waals surface area (Å²) in [6, 6.07) is 24.7. The zero-order valence-electron chi connectivity index (χ0n) is 36.3. The lowest BCUT2D eigenvalue weighted by Gasteiger charge is -2.12. The summed E-state index contributed by atoms with van der Waals surface area (Å²) in [5.41, 5.74) is -1.86. The van der Waals surface area contributed by atoms with Crippen LogP contribution < -0.4 is 24.8 Å². The van der Waals surface area contributed by atoms with Gasteiger partial charge >= 0.3 is 24.5 Å². The quantitative estimate of drug-likeness (QED) is 0.0498. The summed E-state index contributed by atoms with van der Waals surface area (Å²) < 4.78 is 160. The molecule has 0 radical (unpaired) electrons. The predicted molar refractivity (Wildman–Crippen MR) is 259 cm³/mol. The van der Waals surface area contributed by atoms with Crippen LogP contribution in [-0.4, -0.2) is 58.5 Å². The summed E-state index contributed by atoms with van der Waals surface area (Å²) in [6.07, 6.45) is -6.20. The van der Waals surface area contributed by atoms with Crippen molar-refractivity contribution in [3.8, 4) is 11.5 Å². The Hall–Kier alpha value is -7.72. The van der Waals surface area contributed by atoms with Crippen molar-refractivity contribution in [2.45, 2.75) is 27.0 Å². The number of aromatic nitrogens is 3. The van der Waals surface area contributed by atoms with Gasteiger partial charge in [-0.3, -0.25) is 25.3 Å². The number of amides is 2. The highest BCUT2D eigenvalue weighted by Crippen LogP contribution is 2.38. The molecule has 2 amide bonds. The fourth-order valence-corrected chi connectivity index (χ4v) is 9.35. The van der Waals surface area contributed by atoms with Gasteiger partial charge in [0.2, 0.25) is 6.08 Å². The van der Waals surface area contributed by atoms with Crippen molar-refractivity contribution < 1.29 is 75.5 Å². The van der Waals surface area contributed by atoms with Crippen LogP contribution in [0.3, 0.4) is 0 Å². The Morgan fingerprint density at radius 2 is 0.986 bits per heavy atom. The number of alkyl halides is 6. The minimum atomic E-state index is -4.62. The van der Waals surface area contributed by atoms with E-state index < -0.39 is 63.8 Å². The Balaban J connectivity index is 0.000000197. The number of carbonyl (C=O) groups excluding carboxylic acids is 3. The van der Waals surface area contributed by atoms with Gasteiger partial charge in [0.1, 0.15) is 11.5 Å². The molecule has 0 aliphatic rings. The summed E-state index contributed by atoms with van der Waals surface area (Å²) >= 11 is 1.12. The molecule has 0 bridgehead atoms. The molecule has 0 saturated carbocycles. The summed E-state index contributed by atoms with van der Waals surface area (Å²) in [6.45, 7) is 0. The molecule has 8 aromatic rings. The fraction of sp³-hybridized carbons (Fsp3) is 0.0455. The molecular formula is C44H27Cl2F6N7O11S4. The van der Waals surface area contributed by atoms with Crippen LogP contribution in [0, 0.1) is 0 Å². The van der Waals surface area contributed by atoms with E-state index in [2.05, 4.69) is 35.3 Å². The lowest BCUT2D eigenvalue weighted by Crippen LogP contribution is -2.17. The topological polar surface area (TPSA) is 259 Å². The monoisotopic (exact) mass is 1140 g/mol. The van der Waals surface area contributed by atoms with Gasteiger partial charge in [-0.2, -0.15) is 31.3 Å². The third-order valence-electron chi connectivity index (χ3n) is 9.22. The number of nitrogens with one attached hydrogen (secondary N) is 3. The number of isocyanates is 1. The number of benzene rings is 5. The van der Waals surface area contributed by atoms with E-state index in [1.807, 2.05) is 0 Å². The molecule has 0 saturated heterocycles. The molecule has 0 fully saturated rings. The van der Waals surface area contributed by atoms with Crippen LogP contribution in [0.25, 0.3) is 21.8 Å². The maximum atomic E-state index is 13.2. The van der Waals surface area contributed by atoms with Crippen LogP contribution in [0.2, 0.25) is 0 Å². The summed E-state index contributed by atoms with van der Waals surface area (Å²) in [7, 11) is -1.22. The molecule has 3 heterocycles. The van der Waals surface area contributed by atoms with E-state index in [0.717, 1.165) is 35.9 Å². The second-order valence-electron chi connectivity index (χ2n) is 14.1. The van der Waals surface area contributed by atoms with Crippen molar-refractivity contribution in [2.24, 2.45) is 4.99 Å². The van der Waals surface area contributed by atoms with Gasteiger partial charge in [0.25, 0.3) is 28.1 Å². The Bertz CT molecular complexity index is 3750. The largest absolute Gasteiger partial charge is 0.418 e. The Labute approximate surface area is 426 Å². The minimum absolute atomic E-state index is 0.0102. The van der Waals surface area contributed by atoms with Gasteiger partial charge in [0, 0.05) is 67.5 Å². The molecule has 18 nitrogen and oxygen atoms in total. The normalized spacial score (nSPS) is 11.7. The molecule has 0 atom stereocenters. The lowest BCUT2D eigenvalue weighted by molar-refractivity contribution is -0.137. The highest BCUT2D eigenvalue weighted by atomic mass is 35.7. The fourth-order valence-electron chi connectivity index (χ4n) is 6.03. The predicted octanol–water partition coefficient (Wildman–Crippen LogP) is 11.5. The SMILES string of the molecule is O=C(Nc1ccc(S(=O)(=O)Cl)cc1)Oc1ccnc2c(C(F)(F)F)cccc12.O=C(Nc1ccc(S(=O)(=O)Nc2nccs2)cc1)Oc1ccnc2c(C(F)(F)F)cccc12.O=C=Nc1ccc(S(=O)(=O)Cl)cc1. The zero-order valence-corrected chi connectivity index (χ0v) is 41.1. The number of thiazole rings is 1. The van der Waals surface area contributed by atoms with E-state index in [1.165, 1.54) is 121 Å². The van der Waals surface area contributed by atoms with Gasteiger partial charge < -0.3 is 9.47 Å². The Kier molecular flexibility index (Phi) is 17.3. The van der Waals surface area contributed by atoms with Crippen LogP contribution in [-0.2, 0) is 45.3 Å². The van der Waals surface area contributed by atoms with Crippen molar-refractivity contribution in [1.29, 1.82) is 0 Å². The number of hydrogen-bond acceptors (Lipinski definition) is 16. The van der Waals surface area contributed by atoms with E-state index >= 15 is 0 Å². The van der Waals surface area contributed by atoms with E-state index in [0.29, 0.717) is 5.69 Å². The summed E-state index contributed by atoms with van der Waals surface area (Å²) in [5, 5.41) is 6.58. The van der Waals surface area contributed by atoms with Gasteiger partial charge in [-0.15, -0.1) is 11.3 Å². The first-order valence-corrected chi connectivity index (χ1v) is 26.8. The van der Waals surface area contributed by atoms with Crippen molar-refractivity contribution in [3.63, 3.8) is 0 Å². The first-order chi connectivity index (χ1) is 34.7. The second-order valence-corrected chi connectivity index (χ2v) is 21.8. The van der Waals surface area contributed by atoms with E-state index in [9.17, 15) is 66.0 Å². The van der Waals surface area contributed by atoms with Crippen LogP contribution in [0.4, 0.5) is 58.1 Å². The third-order valence-corrected chi connectivity index (χ3v) is 14.1.